The van der Waals surface area contributed by atoms with Crippen molar-refractivity contribution in [3.05, 3.63) is 64.4 Å². The number of amides is 1. The Hall–Kier alpha value is -2.26. The minimum Gasteiger partial charge on any atom is -0.451 e. The van der Waals surface area contributed by atoms with Gasteiger partial charge in [-0.3, -0.25) is 4.79 Å². The number of fused-ring (bicyclic) bond motifs is 1. The summed E-state index contributed by atoms with van der Waals surface area (Å²) in [5.74, 6) is -0.00364. The number of carbonyl (C=O) groups is 1. The molecule has 3 aromatic rings. The van der Waals surface area contributed by atoms with Gasteiger partial charge < -0.3 is 9.73 Å². The van der Waals surface area contributed by atoms with Gasteiger partial charge in [-0.25, -0.2) is 0 Å². The minimum atomic E-state index is -0.288. The lowest BCUT2D eigenvalue weighted by atomic mass is 10.2. The molecule has 0 bridgehead atoms. The average Bonchev–Trinajstić information content (AvgIpc) is 2.86. The fourth-order valence-electron chi connectivity index (χ4n) is 2.11. The van der Waals surface area contributed by atoms with Gasteiger partial charge in [-0.05, 0) is 49.2 Å². The summed E-state index contributed by atoms with van der Waals surface area (Å²) >= 11 is 6.05. The highest BCUT2D eigenvalue weighted by atomic mass is 35.5. The predicted octanol–water partition coefficient (Wildman–Crippen LogP) is 4.96. The maximum atomic E-state index is 12.2. The van der Waals surface area contributed by atoms with Crippen molar-refractivity contribution in [3.8, 4) is 0 Å². The Balaban J connectivity index is 1.87. The lowest BCUT2D eigenvalue weighted by Crippen LogP contribution is -2.10. The third-order valence-electron chi connectivity index (χ3n) is 3.33. The van der Waals surface area contributed by atoms with Gasteiger partial charge in [0.1, 0.15) is 5.58 Å². The Labute approximate surface area is 127 Å². The van der Waals surface area contributed by atoms with Crippen LogP contribution >= 0.6 is 11.6 Å². The van der Waals surface area contributed by atoms with E-state index in [1.165, 1.54) is 0 Å². The number of halogens is 1. The Morgan fingerprint density at radius 2 is 1.90 bits per heavy atom. The molecule has 2 aromatic carbocycles. The van der Waals surface area contributed by atoms with Crippen LogP contribution < -0.4 is 5.32 Å². The molecule has 0 saturated carbocycles. The third kappa shape index (κ3) is 2.78. The second kappa shape index (κ2) is 5.26. The molecule has 3 nitrogen and oxygen atoms in total. The minimum absolute atomic E-state index is 0.285. The van der Waals surface area contributed by atoms with Gasteiger partial charge in [-0.1, -0.05) is 29.8 Å². The number of carbonyl (C=O) groups excluding carboxylic acids is 1. The molecule has 0 radical (unpaired) electrons. The molecular weight excluding hydrogens is 286 g/mol. The molecule has 0 saturated heterocycles. The van der Waals surface area contributed by atoms with Gasteiger partial charge >= 0.3 is 0 Å². The van der Waals surface area contributed by atoms with Gasteiger partial charge in [-0.2, -0.15) is 0 Å². The molecule has 21 heavy (non-hydrogen) atoms. The SMILES string of the molecule is Cc1ccc2cc(C(=O)Nc3ccc(C)c(Cl)c3)oc2c1. The van der Waals surface area contributed by atoms with E-state index in [0.717, 1.165) is 16.5 Å². The van der Waals surface area contributed by atoms with E-state index in [-0.39, 0.29) is 11.7 Å². The summed E-state index contributed by atoms with van der Waals surface area (Å²) in [6.07, 6.45) is 0. The van der Waals surface area contributed by atoms with Gasteiger partial charge in [-0.15, -0.1) is 0 Å². The van der Waals surface area contributed by atoms with Crippen molar-refractivity contribution < 1.29 is 9.21 Å². The predicted molar refractivity (Wildman–Crippen MR) is 85.1 cm³/mol. The summed E-state index contributed by atoms with van der Waals surface area (Å²) in [5.41, 5.74) is 3.41. The number of rotatable bonds is 2. The van der Waals surface area contributed by atoms with Crippen molar-refractivity contribution in [2.24, 2.45) is 0 Å². The molecule has 0 aliphatic heterocycles. The smallest absolute Gasteiger partial charge is 0.291 e. The number of aryl methyl sites for hydroxylation is 2. The molecule has 0 aliphatic rings. The Kier molecular flexibility index (Phi) is 3.43. The van der Waals surface area contributed by atoms with E-state index in [2.05, 4.69) is 5.32 Å². The highest BCUT2D eigenvalue weighted by Crippen LogP contribution is 2.23. The molecule has 1 N–H and O–H groups in total. The first-order chi connectivity index (χ1) is 10.0. The molecule has 4 heteroatoms. The van der Waals surface area contributed by atoms with Crippen LogP contribution in [0.15, 0.2) is 46.9 Å². The van der Waals surface area contributed by atoms with Crippen LogP contribution in [-0.2, 0) is 0 Å². The van der Waals surface area contributed by atoms with Crippen LogP contribution in [0.2, 0.25) is 5.02 Å². The summed E-state index contributed by atoms with van der Waals surface area (Å²) in [6.45, 7) is 3.89. The van der Waals surface area contributed by atoms with Crippen LogP contribution in [0.4, 0.5) is 5.69 Å². The zero-order valence-electron chi connectivity index (χ0n) is 11.7. The fraction of sp³-hybridized carbons (Fsp3) is 0.118. The second-order valence-electron chi connectivity index (χ2n) is 5.07. The lowest BCUT2D eigenvalue weighted by molar-refractivity contribution is 0.0998. The lowest BCUT2D eigenvalue weighted by Gasteiger charge is -2.05. The van der Waals surface area contributed by atoms with E-state index in [9.17, 15) is 4.79 Å². The van der Waals surface area contributed by atoms with E-state index in [1.54, 1.807) is 12.1 Å². The van der Waals surface area contributed by atoms with Gasteiger partial charge in [0.2, 0.25) is 0 Å². The maximum Gasteiger partial charge on any atom is 0.291 e. The number of furan rings is 1. The quantitative estimate of drug-likeness (QED) is 0.727. The zero-order valence-corrected chi connectivity index (χ0v) is 12.5. The number of hydrogen-bond acceptors (Lipinski definition) is 2. The normalized spacial score (nSPS) is 10.8. The Bertz CT molecular complexity index is 836. The topological polar surface area (TPSA) is 42.2 Å². The first-order valence-electron chi connectivity index (χ1n) is 6.60. The molecule has 1 heterocycles. The first kappa shape index (κ1) is 13.7. The second-order valence-corrected chi connectivity index (χ2v) is 5.48. The van der Waals surface area contributed by atoms with Crippen molar-refractivity contribution >= 4 is 34.2 Å². The number of anilines is 1. The van der Waals surface area contributed by atoms with Crippen molar-refractivity contribution in [1.82, 2.24) is 0 Å². The molecule has 3 rings (SSSR count). The van der Waals surface area contributed by atoms with Crippen LogP contribution in [0.3, 0.4) is 0 Å². The van der Waals surface area contributed by atoms with Crippen molar-refractivity contribution in [3.63, 3.8) is 0 Å². The third-order valence-corrected chi connectivity index (χ3v) is 3.74. The van der Waals surface area contributed by atoms with Crippen molar-refractivity contribution in [2.75, 3.05) is 5.32 Å². The van der Waals surface area contributed by atoms with Gasteiger partial charge in [0.15, 0.2) is 5.76 Å². The van der Waals surface area contributed by atoms with Crippen molar-refractivity contribution in [2.45, 2.75) is 13.8 Å². The Morgan fingerprint density at radius 1 is 1.10 bits per heavy atom. The molecule has 0 spiro atoms. The Morgan fingerprint density at radius 3 is 2.67 bits per heavy atom. The largest absolute Gasteiger partial charge is 0.451 e. The molecule has 1 aromatic heterocycles. The summed E-state index contributed by atoms with van der Waals surface area (Å²) in [6, 6.07) is 13.0. The van der Waals surface area contributed by atoms with Crippen molar-refractivity contribution in [1.29, 1.82) is 0 Å². The highest BCUT2D eigenvalue weighted by molar-refractivity contribution is 6.31. The molecule has 0 unspecified atom stereocenters. The number of benzene rings is 2. The van der Waals surface area contributed by atoms with E-state index in [1.807, 2.05) is 44.2 Å². The summed E-state index contributed by atoms with van der Waals surface area (Å²) in [4.78, 5) is 12.2. The van der Waals surface area contributed by atoms with Crippen LogP contribution in [0.25, 0.3) is 11.0 Å². The van der Waals surface area contributed by atoms with Crippen LogP contribution in [-0.4, -0.2) is 5.91 Å². The first-order valence-corrected chi connectivity index (χ1v) is 6.98. The van der Waals surface area contributed by atoms with E-state index < -0.39 is 0 Å². The molecule has 106 valence electrons. The summed E-state index contributed by atoms with van der Waals surface area (Å²) in [7, 11) is 0. The molecule has 0 fully saturated rings. The molecule has 1 amide bonds. The molecule has 0 aliphatic carbocycles. The zero-order chi connectivity index (χ0) is 15.0. The summed E-state index contributed by atoms with van der Waals surface area (Å²) < 4.78 is 5.59. The van der Waals surface area contributed by atoms with Gasteiger partial charge in [0.25, 0.3) is 5.91 Å². The summed E-state index contributed by atoms with van der Waals surface area (Å²) in [5, 5.41) is 4.31. The monoisotopic (exact) mass is 299 g/mol. The number of nitrogens with one attached hydrogen (secondary N) is 1. The highest BCUT2D eigenvalue weighted by Gasteiger charge is 2.13. The standard InChI is InChI=1S/C17H14ClNO2/c1-10-3-5-12-8-16(21-15(12)7-10)17(20)19-13-6-4-11(2)14(18)9-13/h3-9H,1-2H3,(H,19,20). The van der Waals surface area contributed by atoms with Gasteiger partial charge in [0.05, 0.1) is 0 Å². The molecular formula is C17H14ClNO2. The van der Waals surface area contributed by atoms with Crippen LogP contribution in [0, 0.1) is 13.8 Å². The van der Waals surface area contributed by atoms with Crippen LogP contribution in [0.5, 0.6) is 0 Å². The average molecular weight is 300 g/mol. The maximum absolute atomic E-state index is 12.2. The molecule has 0 atom stereocenters. The fourth-order valence-corrected chi connectivity index (χ4v) is 2.29. The van der Waals surface area contributed by atoms with E-state index in [4.69, 9.17) is 16.0 Å². The van der Waals surface area contributed by atoms with E-state index >= 15 is 0 Å². The van der Waals surface area contributed by atoms with Crippen LogP contribution in [0.1, 0.15) is 21.7 Å². The van der Waals surface area contributed by atoms with Gasteiger partial charge in [0, 0.05) is 16.1 Å². The number of hydrogen-bond donors (Lipinski definition) is 1. The van der Waals surface area contributed by atoms with E-state index in [0.29, 0.717) is 16.3 Å².